The van der Waals surface area contributed by atoms with E-state index < -0.39 is 5.41 Å². The maximum absolute atomic E-state index is 13.2. The minimum atomic E-state index is -0.578. The van der Waals surface area contributed by atoms with Crippen LogP contribution in [-0.2, 0) is 5.41 Å². The number of rotatable bonds is 18. The lowest BCUT2D eigenvalue weighted by Gasteiger charge is -2.33. The molecule has 1 fully saturated rings. The van der Waals surface area contributed by atoms with Crippen molar-refractivity contribution in [3.8, 4) is 6.07 Å². The third-order valence-electron chi connectivity index (χ3n) is 8.81. The van der Waals surface area contributed by atoms with Gasteiger partial charge in [0.15, 0.2) is 5.78 Å². The highest BCUT2D eigenvalue weighted by molar-refractivity contribution is 6.42. The summed E-state index contributed by atoms with van der Waals surface area (Å²) in [5.41, 5.74) is 0.983. The molecule has 0 amide bonds. The van der Waals surface area contributed by atoms with Crippen LogP contribution in [-0.4, -0.2) is 30.3 Å². The van der Waals surface area contributed by atoms with Crippen molar-refractivity contribution >= 4 is 29.0 Å². The molecule has 0 N–H and O–H groups in total. The van der Waals surface area contributed by atoms with Gasteiger partial charge in [-0.2, -0.15) is 5.26 Å². The lowest BCUT2D eigenvalue weighted by molar-refractivity contribution is 0.0838. The summed E-state index contributed by atoms with van der Waals surface area (Å²) in [7, 11) is 0. The monoisotopic (exact) mass is 600 g/mol. The standard InChI is InChI=1S/C35H47Cl2FN2O/c1-2-3-4-5-6-7-8-9-10-11-21-35(27-39,30-15-18-32(36)33(37)26-30)22-12-23-40-24-19-29(20-25-40)34(41)28-13-16-31(38)17-14-28/h13-18,26,29H,2-12,19-25H2,1H3. The largest absolute Gasteiger partial charge is 0.303 e. The van der Waals surface area contributed by atoms with Gasteiger partial charge in [-0.3, -0.25) is 4.79 Å². The van der Waals surface area contributed by atoms with Gasteiger partial charge in [-0.15, -0.1) is 0 Å². The number of halogens is 3. The third kappa shape index (κ3) is 10.7. The molecule has 0 aromatic heterocycles. The Bertz CT molecular complexity index is 1110. The van der Waals surface area contributed by atoms with E-state index in [0.717, 1.165) is 70.1 Å². The number of nitriles is 1. The molecule has 1 heterocycles. The predicted octanol–water partition coefficient (Wildman–Crippen LogP) is 10.6. The molecular weight excluding hydrogens is 554 g/mol. The Morgan fingerprint density at radius 1 is 0.878 bits per heavy atom. The molecule has 1 saturated heterocycles. The summed E-state index contributed by atoms with van der Waals surface area (Å²) in [6, 6.07) is 14.3. The van der Waals surface area contributed by atoms with Gasteiger partial charge in [0.25, 0.3) is 0 Å². The summed E-state index contributed by atoms with van der Waals surface area (Å²) >= 11 is 12.6. The van der Waals surface area contributed by atoms with Crippen molar-refractivity contribution in [3.05, 3.63) is 69.5 Å². The number of hydrogen-bond acceptors (Lipinski definition) is 3. The molecule has 0 spiro atoms. The Kier molecular flexibility index (Phi) is 14.7. The zero-order valence-corrected chi connectivity index (χ0v) is 26.3. The van der Waals surface area contributed by atoms with E-state index in [4.69, 9.17) is 23.2 Å². The number of likely N-dealkylation sites (tertiary alicyclic amines) is 1. The fourth-order valence-electron chi connectivity index (χ4n) is 6.17. The quantitative estimate of drug-likeness (QED) is 0.126. The summed E-state index contributed by atoms with van der Waals surface area (Å²) in [6.07, 6.45) is 16.8. The van der Waals surface area contributed by atoms with E-state index in [9.17, 15) is 14.4 Å². The molecule has 1 aliphatic rings. The summed E-state index contributed by atoms with van der Waals surface area (Å²) in [4.78, 5) is 15.3. The Balaban J connectivity index is 1.49. The van der Waals surface area contributed by atoms with Crippen molar-refractivity contribution in [3.63, 3.8) is 0 Å². The maximum Gasteiger partial charge on any atom is 0.166 e. The first-order valence-electron chi connectivity index (χ1n) is 15.8. The number of unbranched alkanes of at least 4 members (excludes halogenated alkanes) is 9. The number of carbonyl (C=O) groups is 1. The first kappa shape index (κ1) is 33.6. The molecule has 0 aliphatic carbocycles. The molecular formula is C35H47Cl2FN2O. The normalized spacial score (nSPS) is 15.9. The van der Waals surface area contributed by atoms with E-state index in [1.165, 1.54) is 63.5 Å². The third-order valence-corrected chi connectivity index (χ3v) is 9.55. The van der Waals surface area contributed by atoms with E-state index in [1.54, 1.807) is 12.1 Å². The predicted molar refractivity (Wildman–Crippen MR) is 169 cm³/mol. The first-order chi connectivity index (χ1) is 19.9. The van der Waals surface area contributed by atoms with Crippen LogP contribution in [0.25, 0.3) is 0 Å². The van der Waals surface area contributed by atoms with Crippen molar-refractivity contribution < 1.29 is 9.18 Å². The second-order valence-electron chi connectivity index (χ2n) is 11.8. The van der Waals surface area contributed by atoms with E-state index >= 15 is 0 Å². The molecule has 0 bridgehead atoms. The zero-order valence-electron chi connectivity index (χ0n) is 24.8. The second kappa shape index (κ2) is 17.9. The molecule has 0 saturated carbocycles. The minimum absolute atomic E-state index is 0.0116. The van der Waals surface area contributed by atoms with Crippen molar-refractivity contribution in [2.24, 2.45) is 5.92 Å². The van der Waals surface area contributed by atoms with Crippen LogP contribution in [0.2, 0.25) is 10.0 Å². The Labute approximate surface area is 257 Å². The number of Topliss-reactive ketones (excluding diaryl/α,β-unsaturated/α-hetero) is 1. The van der Waals surface area contributed by atoms with Gasteiger partial charge in [0.1, 0.15) is 5.82 Å². The fraction of sp³-hybridized carbons (Fsp3) is 0.600. The van der Waals surface area contributed by atoms with Gasteiger partial charge in [0.2, 0.25) is 0 Å². The SMILES string of the molecule is CCCCCCCCCCCCC(C#N)(CCCN1CCC(C(=O)c2ccc(F)cc2)CC1)c1ccc(Cl)c(Cl)c1. The van der Waals surface area contributed by atoms with Crippen molar-refractivity contribution in [1.82, 2.24) is 4.90 Å². The van der Waals surface area contributed by atoms with Crippen molar-refractivity contribution in [1.29, 1.82) is 5.26 Å². The van der Waals surface area contributed by atoms with Gasteiger partial charge < -0.3 is 4.90 Å². The molecule has 0 radical (unpaired) electrons. The number of ketones is 1. The van der Waals surface area contributed by atoms with Crippen LogP contribution in [0.3, 0.4) is 0 Å². The molecule has 2 aromatic carbocycles. The van der Waals surface area contributed by atoms with Crippen LogP contribution in [0.5, 0.6) is 0 Å². The molecule has 41 heavy (non-hydrogen) atoms. The molecule has 224 valence electrons. The molecule has 1 unspecified atom stereocenters. The second-order valence-corrected chi connectivity index (χ2v) is 12.7. The average molecular weight is 602 g/mol. The average Bonchev–Trinajstić information content (AvgIpc) is 2.99. The number of piperidine rings is 1. The van der Waals surface area contributed by atoms with Gasteiger partial charge in [-0.1, -0.05) is 100 Å². The lowest BCUT2D eigenvalue weighted by Crippen LogP contribution is -2.37. The smallest absolute Gasteiger partial charge is 0.166 e. The summed E-state index contributed by atoms with van der Waals surface area (Å²) in [6.45, 7) is 4.88. The first-order valence-corrected chi connectivity index (χ1v) is 16.5. The van der Waals surface area contributed by atoms with Gasteiger partial charge >= 0.3 is 0 Å². The molecule has 2 aromatic rings. The summed E-state index contributed by atoms with van der Waals surface area (Å²) in [5.74, 6) is -0.217. The van der Waals surface area contributed by atoms with Crippen molar-refractivity contribution in [2.45, 2.75) is 109 Å². The lowest BCUT2D eigenvalue weighted by atomic mass is 9.74. The molecule has 6 heteroatoms. The number of hydrogen-bond donors (Lipinski definition) is 0. The van der Waals surface area contributed by atoms with Gasteiger partial charge in [-0.05, 0) is 93.7 Å². The topological polar surface area (TPSA) is 44.1 Å². The summed E-state index contributed by atoms with van der Waals surface area (Å²) in [5, 5.41) is 11.5. The molecule has 1 aliphatic heterocycles. The van der Waals surface area contributed by atoms with Crippen LogP contribution in [0.4, 0.5) is 4.39 Å². The van der Waals surface area contributed by atoms with Crippen LogP contribution in [0.15, 0.2) is 42.5 Å². The fourth-order valence-corrected chi connectivity index (χ4v) is 6.47. The highest BCUT2D eigenvalue weighted by Crippen LogP contribution is 2.38. The molecule has 1 atom stereocenters. The van der Waals surface area contributed by atoms with E-state index in [-0.39, 0.29) is 17.5 Å². The zero-order chi connectivity index (χ0) is 29.5. The van der Waals surface area contributed by atoms with Gasteiger partial charge in [0, 0.05) is 11.5 Å². The Morgan fingerprint density at radius 3 is 2.05 bits per heavy atom. The maximum atomic E-state index is 13.2. The van der Waals surface area contributed by atoms with Crippen molar-refractivity contribution in [2.75, 3.05) is 19.6 Å². The van der Waals surface area contributed by atoms with E-state index in [2.05, 4.69) is 17.9 Å². The Hall–Kier alpha value is -1.93. The van der Waals surface area contributed by atoms with E-state index in [0.29, 0.717) is 15.6 Å². The van der Waals surface area contributed by atoms with Crippen LogP contribution in [0, 0.1) is 23.1 Å². The summed E-state index contributed by atoms with van der Waals surface area (Å²) < 4.78 is 13.2. The highest BCUT2D eigenvalue weighted by atomic mass is 35.5. The number of carbonyl (C=O) groups excluding carboxylic acids is 1. The molecule has 3 nitrogen and oxygen atoms in total. The van der Waals surface area contributed by atoms with Gasteiger partial charge in [-0.25, -0.2) is 4.39 Å². The Morgan fingerprint density at radius 2 is 1.46 bits per heavy atom. The van der Waals surface area contributed by atoms with E-state index in [1.807, 2.05) is 18.2 Å². The van der Waals surface area contributed by atoms with Crippen LogP contribution >= 0.6 is 23.2 Å². The highest BCUT2D eigenvalue weighted by Gasteiger charge is 2.33. The molecule has 3 rings (SSSR count). The van der Waals surface area contributed by atoms with Crippen LogP contribution in [0.1, 0.15) is 119 Å². The van der Waals surface area contributed by atoms with Crippen LogP contribution < -0.4 is 0 Å². The number of nitrogens with zero attached hydrogens (tertiary/aromatic N) is 2. The minimum Gasteiger partial charge on any atom is -0.303 e. The number of benzene rings is 2. The van der Waals surface area contributed by atoms with Gasteiger partial charge in [0.05, 0.1) is 21.5 Å².